The van der Waals surface area contributed by atoms with Crippen LogP contribution in [0, 0.1) is 5.92 Å². The fourth-order valence-corrected chi connectivity index (χ4v) is 6.06. The van der Waals surface area contributed by atoms with E-state index in [4.69, 9.17) is 9.26 Å². The van der Waals surface area contributed by atoms with E-state index in [0.717, 1.165) is 37.7 Å². The molecule has 1 unspecified atom stereocenters. The average molecular weight is 542 g/mol. The number of Topliss-reactive ketones (excluding diaryl/α,β-unsaturated/α-hetero) is 1. The molecule has 2 fully saturated rings. The van der Waals surface area contributed by atoms with Gasteiger partial charge in [-0.2, -0.15) is 0 Å². The minimum absolute atomic E-state index is 0.0405. The van der Waals surface area contributed by atoms with Crippen molar-refractivity contribution in [3.8, 4) is 11.3 Å². The Kier molecular flexibility index (Phi) is 7.21. The van der Waals surface area contributed by atoms with E-state index in [0.29, 0.717) is 48.8 Å². The van der Waals surface area contributed by atoms with Crippen molar-refractivity contribution in [2.45, 2.75) is 38.1 Å². The Hall–Kier alpha value is -4.24. The van der Waals surface area contributed by atoms with Gasteiger partial charge in [-0.05, 0) is 43.0 Å². The molecular formula is C31H31N3O6. The zero-order valence-corrected chi connectivity index (χ0v) is 22.1. The van der Waals surface area contributed by atoms with Crippen LogP contribution in [0.15, 0.2) is 76.7 Å². The molecule has 0 bridgehead atoms. The van der Waals surface area contributed by atoms with Crippen LogP contribution in [0.5, 0.6) is 0 Å². The summed E-state index contributed by atoms with van der Waals surface area (Å²) in [6.45, 7) is 2.07. The summed E-state index contributed by atoms with van der Waals surface area (Å²) in [5, 5.41) is 15.1. The molecule has 0 radical (unpaired) electrons. The van der Waals surface area contributed by atoms with Gasteiger partial charge in [0.1, 0.15) is 12.0 Å². The van der Waals surface area contributed by atoms with Crippen molar-refractivity contribution in [2.24, 2.45) is 5.92 Å². The summed E-state index contributed by atoms with van der Waals surface area (Å²) in [6.07, 6.45) is 6.35. The van der Waals surface area contributed by atoms with E-state index in [9.17, 15) is 19.5 Å². The molecular weight excluding hydrogens is 510 g/mol. The standard InChI is InChI=1S/C31H31N3O6/c35-28(22-6-8-23(9-7-22)30(37)33-15-18-39-19-16-33)26-27(21-4-2-1-3-5-21)34(31(38)29(26)36)24-12-10-20(11-13-24)25-14-17-40-32-25/h6-14,17,21,27,36H,1-5,15-16,18-19H2. The maximum Gasteiger partial charge on any atom is 0.294 e. The van der Waals surface area contributed by atoms with Crippen LogP contribution in [0.3, 0.4) is 0 Å². The molecule has 9 heteroatoms. The number of anilines is 1. The second-order valence-corrected chi connectivity index (χ2v) is 10.5. The van der Waals surface area contributed by atoms with E-state index in [1.807, 2.05) is 24.3 Å². The van der Waals surface area contributed by atoms with E-state index in [-0.39, 0.29) is 17.4 Å². The zero-order chi connectivity index (χ0) is 27.6. The number of hydrogen-bond acceptors (Lipinski definition) is 7. The van der Waals surface area contributed by atoms with Gasteiger partial charge in [-0.25, -0.2) is 0 Å². The molecule has 9 nitrogen and oxygen atoms in total. The lowest BCUT2D eigenvalue weighted by atomic mass is 9.79. The van der Waals surface area contributed by atoms with Crippen LogP contribution < -0.4 is 4.90 Å². The maximum absolute atomic E-state index is 13.9. The van der Waals surface area contributed by atoms with Crippen molar-refractivity contribution in [2.75, 3.05) is 31.2 Å². The minimum Gasteiger partial charge on any atom is -0.503 e. The molecule has 1 aliphatic carbocycles. The van der Waals surface area contributed by atoms with Crippen LogP contribution in [0.25, 0.3) is 11.3 Å². The summed E-state index contributed by atoms with van der Waals surface area (Å²) in [7, 11) is 0. The third kappa shape index (κ3) is 4.81. The van der Waals surface area contributed by atoms with Crippen molar-refractivity contribution in [3.05, 3.63) is 83.3 Å². The maximum atomic E-state index is 13.9. The zero-order valence-electron chi connectivity index (χ0n) is 22.1. The third-order valence-corrected chi connectivity index (χ3v) is 8.16. The molecule has 1 saturated heterocycles. The number of aromatic nitrogens is 1. The summed E-state index contributed by atoms with van der Waals surface area (Å²) < 4.78 is 10.3. The summed E-state index contributed by atoms with van der Waals surface area (Å²) >= 11 is 0. The van der Waals surface area contributed by atoms with Gasteiger partial charge in [-0.1, -0.05) is 48.7 Å². The quantitative estimate of drug-likeness (QED) is 0.446. The van der Waals surface area contributed by atoms with Gasteiger partial charge in [0.25, 0.3) is 11.8 Å². The second-order valence-electron chi connectivity index (χ2n) is 10.5. The lowest BCUT2D eigenvalue weighted by Crippen LogP contribution is -2.42. The van der Waals surface area contributed by atoms with Gasteiger partial charge in [-0.15, -0.1) is 0 Å². The highest BCUT2D eigenvalue weighted by molar-refractivity contribution is 6.21. The molecule has 2 aromatic carbocycles. The second kappa shape index (κ2) is 11.1. The third-order valence-electron chi connectivity index (χ3n) is 8.16. The molecule has 206 valence electrons. The van der Waals surface area contributed by atoms with Crippen LogP contribution >= 0.6 is 0 Å². The highest BCUT2D eigenvalue weighted by Crippen LogP contribution is 2.41. The Labute approximate surface area is 232 Å². The molecule has 1 aromatic heterocycles. The summed E-state index contributed by atoms with van der Waals surface area (Å²) in [5.41, 5.74) is 3.06. The minimum atomic E-state index is -0.577. The number of rotatable bonds is 6. The number of nitrogens with zero attached hydrogens (tertiary/aromatic N) is 3. The highest BCUT2D eigenvalue weighted by Gasteiger charge is 2.47. The predicted molar refractivity (Wildman–Crippen MR) is 147 cm³/mol. The molecule has 3 aliphatic rings. The molecule has 3 aromatic rings. The molecule has 1 atom stereocenters. The van der Waals surface area contributed by atoms with Crippen LogP contribution in [-0.2, 0) is 9.53 Å². The Morgan fingerprint density at radius 3 is 2.20 bits per heavy atom. The van der Waals surface area contributed by atoms with E-state index in [1.54, 1.807) is 40.1 Å². The average Bonchev–Trinajstić information content (AvgIpc) is 3.64. The predicted octanol–water partition coefficient (Wildman–Crippen LogP) is 4.80. The Morgan fingerprint density at radius 1 is 0.875 bits per heavy atom. The van der Waals surface area contributed by atoms with Crippen molar-refractivity contribution >= 4 is 23.3 Å². The Morgan fingerprint density at radius 2 is 1.55 bits per heavy atom. The van der Waals surface area contributed by atoms with E-state index in [2.05, 4.69) is 5.16 Å². The number of aliphatic hydroxyl groups excluding tert-OH is 1. The lowest BCUT2D eigenvalue weighted by Gasteiger charge is -2.35. The summed E-state index contributed by atoms with van der Waals surface area (Å²) in [6, 6.07) is 15.0. The molecule has 1 N–H and O–H groups in total. The van der Waals surface area contributed by atoms with Crippen LogP contribution in [0.1, 0.15) is 52.8 Å². The van der Waals surface area contributed by atoms with Crippen LogP contribution in [0.2, 0.25) is 0 Å². The van der Waals surface area contributed by atoms with Gasteiger partial charge in [-0.3, -0.25) is 19.3 Å². The van der Waals surface area contributed by atoms with E-state index >= 15 is 0 Å². The molecule has 6 rings (SSSR count). The molecule has 2 amide bonds. The first-order valence-electron chi connectivity index (χ1n) is 13.8. The highest BCUT2D eigenvalue weighted by atomic mass is 16.5. The monoisotopic (exact) mass is 541 g/mol. The van der Waals surface area contributed by atoms with Crippen molar-refractivity contribution in [3.63, 3.8) is 0 Å². The number of ketones is 1. The fourth-order valence-electron chi connectivity index (χ4n) is 6.06. The molecule has 0 spiro atoms. The number of hydrogen-bond donors (Lipinski definition) is 1. The number of morpholine rings is 1. The fraction of sp³-hybridized carbons (Fsp3) is 0.355. The number of aliphatic hydroxyl groups is 1. The van der Waals surface area contributed by atoms with Gasteiger partial charge in [0.2, 0.25) is 0 Å². The van der Waals surface area contributed by atoms with Gasteiger partial charge in [0.05, 0.1) is 24.8 Å². The first-order valence-corrected chi connectivity index (χ1v) is 13.8. The summed E-state index contributed by atoms with van der Waals surface area (Å²) in [5.74, 6) is -1.55. The largest absolute Gasteiger partial charge is 0.503 e. The van der Waals surface area contributed by atoms with Crippen molar-refractivity contribution in [1.82, 2.24) is 10.1 Å². The normalized spacial score (nSPS) is 20.3. The molecule has 40 heavy (non-hydrogen) atoms. The van der Waals surface area contributed by atoms with Crippen LogP contribution in [0.4, 0.5) is 5.69 Å². The van der Waals surface area contributed by atoms with Crippen molar-refractivity contribution < 1.29 is 28.8 Å². The first-order chi connectivity index (χ1) is 19.5. The van der Waals surface area contributed by atoms with Crippen LogP contribution in [-0.4, -0.2) is 65.1 Å². The molecule has 2 aliphatic heterocycles. The SMILES string of the molecule is O=C(C1=C(O)C(=O)N(c2ccc(-c3ccon3)cc2)C1C1CCCCC1)c1ccc(C(=O)N2CCOCC2)cc1. The van der Waals surface area contributed by atoms with E-state index < -0.39 is 23.5 Å². The number of carbonyl (C=O) groups is 3. The number of ether oxygens (including phenoxy) is 1. The van der Waals surface area contributed by atoms with Gasteiger partial charge < -0.3 is 19.3 Å². The van der Waals surface area contributed by atoms with Gasteiger partial charge in [0, 0.05) is 41.5 Å². The van der Waals surface area contributed by atoms with Gasteiger partial charge >= 0.3 is 0 Å². The number of benzene rings is 2. The lowest BCUT2D eigenvalue weighted by molar-refractivity contribution is -0.117. The molecule has 3 heterocycles. The summed E-state index contributed by atoms with van der Waals surface area (Å²) in [4.78, 5) is 43.6. The van der Waals surface area contributed by atoms with E-state index in [1.165, 1.54) is 6.26 Å². The molecule has 1 saturated carbocycles. The Balaban J connectivity index is 1.30. The number of carbonyl (C=O) groups excluding carboxylic acids is 3. The topological polar surface area (TPSA) is 113 Å². The Bertz CT molecular complexity index is 1420. The smallest absolute Gasteiger partial charge is 0.294 e. The van der Waals surface area contributed by atoms with Crippen molar-refractivity contribution in [1.29, 1.82) is 0 Å². The first kappa shape index (κ1) is 26.0. The number of amides is 2. The van der Waals surface area contributed by atoms with Gasteiger partial charge in [0.15, 0.2) is 11.5 Å².